The molecule has 0 aromatic heterocycles. The van der Waals surface area contributed by atoms with E-state index in [4.69, 9.17) is 0 Å². The predicted molar refractivity (Wildman–Crippen MR) is 89.2 cm³/mol. The van der Waals surface area contributed by atoms with Crippen LogP contribution in [-0.4, -0.2) is 30.6 Å². The van der Waals surface area contributed by atoms with Crippen molar-refractivity contribution in [2.45, 2.75) is 59.5 Å². The monoisotopic (exact) mass is 276 g/mol. The van der Waals surface area contributed by atoms with Gasteiger partial charge in [0.1, 0.15) is 0 Å². The Kier molecular flexibility index (Phi) is 7.86. The zero-order valence-corrected chi connectivity index (χ0v) is 13.9. The molecule has 1 unspecified atom stereocenters. The fraction of sp³-hybridized carbons (Fsp3) is 0.667. The maximum atomic E-state index is 3.51. The number of rotatable bonds is 9. The van der Waals surface area contributed by atoms with Crippen molar-refractivity contribution in [3.8, 4) is 0 Å². The maximum absolute atomic E-state index is 3.51. The molecule has 1 N–H and O–H groups in total. The summed E-state index contributed by atoms with van der Waals surface area (Å²) in [7, 11) is 0. The van der Waals surface area contributed by atoms with Crippen LogP contribution in [0.3, 0.4) is 0 Å². The molecule has 0 amide bonds. The second kappa shape index (κ2) is 9.15. The Bertz CT molecular complexity index is 356. The van der Waals surface area contributed by atoms with E-state index in [2.05, 4.69) is 69.1 Å². The van der Waals surface area contributed by atoms with Crippen molar-refractivity contribution < 1.29 is 0 Å². The molecule has 0 aliphatic heterocycles. The summed E-state index contributed by atoms with van der Waals surface area (Å²) in [6, 6.07) is 9.73. The van der Waals surface area contributed by atoms with Crippen molar-refractivity contribution in [1.82, 2.24) is 10.2 Å². The molecule has 2 heteroatoms. The summed E-state index contributed by atoms with van der Waals surface area (Å²) in [5.74, 6) is 0.573. The molecule has 0 aliphatic rings. The normalized spacial score (nSPS) is 13.2. The summed E-state index contributed by atoms with van der Waals surface area (Å²) in [5, 5.41) is 3.51. The summed E-state index contributed by atoms with van der Waals surface area (Å²) >= 11 is 0. The highest BCUT2D eigenvalue weighted by molar-refractivity contribution is 5.25. The molecule has 0 aliphatic carbocycles. The molecule has 0 heterocycles. The molecule has 1 atom stereocenters. The maximum Gasteiger partial charge on any atom is 0.0233 e. The van der Waals surface area contributed by atoms with Gasteiger partial charge in [-0.15, -0.1) is 0 Å². The number of nitrogens with zero attached hydrogens (tertiary/aromatic N) is 1. The van der Waals surface area contributed by atoms with Gasteiger partial charge in [0.15, 0.2) is 0 Å². The highest BCUT2D eigenvalue weighted by Gasteiger charge is 2.07. The number of benzene rings is 1. The van der Waals surface area contributed by atoms with Gasteiger partial charge in [-0.2, -0.15) is 0 Å². The fourth-order valence-electron chi connectivity index (χ4n) is 2.41. The Morgan fingerprint density at radius 2 is 1.70 bits per heavy atom. The first-order valence-corrected chi connectivity index (χ1v) is 8.11. The zero-order valence-electron chi connectivity index (χ0n) is 13.9. The van der Waals surface area contributed by atoms with Crippen LogP contribution < -0.4 is 5.32 Å². The van der Waals surface area contributed by atoms with Crippen molar-refractivity contribution >= 4 is 0 Å². The third kappa shape index (κ3) is 6.06. The zero-order chi connectivity index (χ0) is 15.0. The third-order valence-corrected chi connectivity index (χ3v) is 3.77. The number of hydrogen-bond donors (Lipinski definition) is 1. The number of hydrogen-bond acceptors (Lipinski definition) is 2. The Morgan fingerprint density at radius 1 is 1.05 bits per heavy atom. The van der Waals surface area contributed by atoms with E-state index in [9.17, 15) is 0 Å². The molecule has 0 bridgehead atoms. The molecule has 20 heavy (non-hydrogen) atoms. The Morgan fingerprint density at radius 3 is 2.20 bits per heavy atom. The minimum absolute atomic E-state index is 0.559. The van der Waals surface area contributed by atoms with Crippen LogP contribution in [0.5, 0.6) is 0 Å². The van der Waals surface area contributed by atoms with Crippen LogP contribution in [0.4, 0.5) is 0 Å². The molecule has 114 valence electrons. The lowest BCUT2D eigenvalue weighted by Gasteiger charge is -2.20. The van der Waals surface area contributed by atoms with Gasteiger partial charge >= 0.3 is 0 Å². The van der Waals surface area contributed by atoms with Crippen molar-refractivity contribution in [2.75, 3.05) is 19.6 Å². The van der Waals surface area contributed by atoms with Crippen LogP contribution in [0.25, 0.3) is 0 Å². The van der Waals surface area contributed by atoms with E-state index in [0.717, 1.165) is 19.6 Å². The van der Waals surface area contributed by atoms with Crippen molar-refractivity contribution in [1.29, 1.82) is 0 Å². The molecule has 0 saturated heterocycles. The number of nitrogens with one attached hydrogen (secondary N) is 1. The third-order valence-electron chi connectivity index (χ3n) is 3.77. The van der Waals surface area contributed by atoms with E-state index in [1.54, 1.807) is 0 Å². The van der Waals surface area contributed by atoms with Crippen molar-refractivity contribution in [2.24, 2.45) is 0 Å². The summed E-state index contributed by atoms with van der Waals surface area (Å²) in [6.45, 7) is 15.6. The van der Waals surface area contributed by atoms with Gasteiger partial charge in [-0.05, 0) is 36.6 Å². The van der Waals surface area contributed by atoms with E-state index in [1.165, 1.54) is 24.1 Å². The van der Waals surface area contributed by atoms with Crippen LogP contribution in [0.2, 0.25) is 0 Å². The van der Waals surface area contributed by atoms with Gasteiger partial charge in [0.25, 0.3) is 0 Å². The van der Waals surface area contributed by atoms with E-state index in [0.29, 0.717) is 12.0 Å². The first kappa shape index (κ1) is 17.2. The van der Waals surface area contributed by atoms with Crippen LogP contribution in [0, 0.1) is 0 Å². The molecule has 0 fully saturated rings. The first-order valence-electron chi connectivity index (χ1n) is 8.11. The molecule has 1 aromatic rings. The molecule has 2 nitrogen and oxygen atoms in total. The highest BCUT2D eigenvalue weighted by Crippen LogP contribution is 2.16. The average Bonchev–Trinajstić information content (AvgIpc) is 2.45. The average molecular weight is 276 g/mol. The summed E-state index contributed by atoms with van der Waals surface area (Å²) in [6.07, 6.45) is 1.23. The largest absolute Gasteiger partial charge is 0.314 e. The van der Waals surface area contributed by atoms with Crippen LogP contribution in [-0.2, 0) is 6.54 Å². The SMILES string of the molecule is CCCN(CC)Cc1ccc(C(C)CNC(C)C)cc1. The molecule has 1 aromatic carbocycles. The van der Waals surface area contributed by atoms with Gasteiger partial charge in [0.2, 0.25) is 0 Å². The van der Waals surface area contributed by atoms with Gasteiger partial charge in [0.05, 0.1) is 0 Å². The van der Waals surface area contributed by atoms with Gasteiger partial charge in [-0.25, -0.2) is 0 Å². The van der Waals surface area contributed by atoms with E-state index < -0.39 is 0 Å². The van der Waals surface area contributed by atoms with E-state index >= 15 is 0 Å². The standard InChI is InChI=1S/C18H32N2/c1-6-12-20(7-2)14-17-8-10-18(11-9-17)16(5)13-19-15(3)4/h8-11,15-16,19H,6-7,12-14H2,1-5H3. The van der Waals surface area contributed by atoms with E-state index in [1.807, 2.05) is 0 Å². The quantitative estimate of drug-likeness (QED) is 0.733. The lowest BCUT2D eigenvalue weighted by atomic mass is 9.99. The van der Waals surface area contributed by atoms with Gasteiger partial charge in [-0.3, -0.25) is 4.90 Å². The van der Waals surface area contributed by atoms with E-state index in [-0.39, 0.29) is 0 Å². The molecule has 0 saturated carbocycles. The summed E-state index contributed by atoms with van der Waals surface area (Å²) < 4.78 is 0. The Balaban J connectivity index is 2.54. The molecule has 1 rings (SSSR count). The second-order valence-corrected chi connectivity index (χ2v) is 6.07. The first-order chi connectivity index (χ1) is 9.56. The minimum Gasteiger partial charge on any atom is -0.314 e. The van der Waals surface area contributed by atoms with Crippen LogP contribution in [0.1, 0.15) is 58.1 Å². The molecular weight excluding hydrogens is 244 g/mol. The topological polar surface area (TPSA) is 15.3 Å². The van der Waals surface area contributed by atoms with Crippen molar-refractivity contribution in [3.63, 3.8) is 0 Å². The van der Waals surface area contributed by atoms with Crippen molar-refractivity contribution in [3.05, 3.63) is 35.4 Å². The molecule has 0 radical (unpaired) electrons. The Hall–Kier alpha value is -0.860. The van der Waals surface area contributed by atoms with Gasteiger partial charge < -0.3 is 5.32 Å². The molecular formula is C18H32N2. The smallest absolute Gasteiger partial charge is 0.0233 e. The molecule has 0 spiro atoms. The predicted octanol–water partition coefficient (Wildman–Crippen LogP) is 4.02. The lowest BCUT2D eigenvalue weighted by Crippen LogP contribution is -2.27. The minimum atomic E-state index is 0.559. The van der Waals surface area contributed by atoms with Gasteiger partial charge in [-0.1, -0.05) is 58.9 Å². The summed E-state index contributed by atoms with van der Waals surface area (Å²) in [4.78, 5) is 2.50. The lowest BCUT2D eigenvalue weighted by molar-refractivity contribution is 0.280. The summed E-state index contributed by atoms with van der Waals surface area (Å²) in [5.41, 5.74) is 2.86. The highest BCUT2D eigenvalue weighted by atomic mass is 15.1. The van der Waals surface area contributed by atoms with Gasteiger partial charge in [0, 0.05) is 19.1 Å². The fourth-order valence-corrected chi connectivity index (χ4v) is 2.41. The second-order valence-electron chi connectivity index (χ2n) is 6.07. The van der Waals surface area contributed by atoms with Crippen LogP contribution in [0.15, 0.2) is 24.3 Å². The Labute approximate surface area is 125 Å². The van der Waals surface area contributed by atoms with Crippen LogP contribution >= 0.6 is 0 Å².